The quantitative estimate of drug-likeness (QED) is 0.805. The Morgan fingerprint density at radius 1 is 1.39 bits per heavy atom. The van der Waals surface area contributed by atoms with E-state index in [4.69, 9.17) is 9.26 Å². The van der Waals surface area contributed by atoms with Crippen LogP contribution in [0.5, 0.6) is 5.88 Å². The van der Waals surface area contributed by atoms with E-state index in [1.807, 2.05) is 31.2 Å². The van der Waals surface area contributed by atoms with E-state index in [1.54, 1.807) is 0 Å². The molecule has 23 heavy (non-hydrogen) atoms. The molecule has 0 saturated carbocycles. The average molecular weight is 318 g/mol. The highest BCUT2D eigenvalue weighted by Gasteiger charge is 2.21. The van der Waals surface area contributed by atoms with Crippen LogP contribution in [0, 0.1) is 12.8 Å². The second-order valence-electron chi connectivity index (χ2n) is 5.17. The van der Waals surface area contributed by atoms with Crippen molar-refractivity contribution in [2.24, 2.45) is 5.92 Å². The first-order chi connectivity index (χ1) is 11.0. The Morgan fingerprint density at radius 3 is 2.78 bits per heavy atom. The van der Waals surface area contributed by atoms with Crippen molar-refractivity contribution >= 4 is 11.9 Å². The zero-order valence-electron chi connectivity index (χ0n) is 12.9. The van der Waals surface area contributed by atoms with Gasteiger partial charge >= 0.3 is 5.97 Å². The lowest BCUT2D eigenvalue weighted by Crippen LogP contribution is -2.34. The maximum atomic E-state index is 11.9. The van der Waals surface area contributed by atoms with E-state index in [0.29, 0.717) is 6.42 Å². The van der Waals surface area contributed by atoms with Crippen LogP contribution in [-0.4, -0.2) is 35.8 Å². The van der Waals surface area contributed by atoms with E-state index in [0.717, 1.165) is 11.1 Å². The van der Waals surface area contributed by atoms with Gasteiger partial charge in [0.15, 0.2) is 0 Å². The van der Waals surface area contributed by atoms with E-state index in [9.17, 15) is 14.7 Å². The summed E-state index contributed by atoms with van der Waals surface area (Å²) in [7, 11) is 1.40. The van der Waals surface area contributed by atoms with Gasteiger partial charge in [0.05, 0.1) is 19.1 Å². The molecule has 0 aliphatic rings. The van der Waals surface area contributed by atoms with Crippen molar-refractivity contribution in [3.63, 3.8) is 0 Å². The molecule has 0 aliphatic carbocycles. The second kappa shape index (κ2) is 7.44. The van der Waals surface area contributed by atoms with E-state index < -0.39 is 17.8 Å². The van der Waals surface area contributed by atoms with Gasteiger partial charge in [0.1, 0.15) is 0 Å². The highest BCUT2D eigenvalue weighted by Crippen LogP contribution is 2.13. The third-order valence-corrected chi connectivity index (χ3v) is 3.34. The number of carbonyl (C=O) groups excluding carboxylic acids is 1. The Balaban J connectivity index is 1.97. The second-order valence-corrected chi connectivity index (χ2v) is 5.17. The number of amides is 1. The molecule has 7 nitrogen and oxygen atoms in total. The number of rotatable bonds is 7. The number of aryl methyl sites for hydroxylation is 1. The minimum absolute atomic E-state index is 0.00881. The van der Waals surface area contributed by atoms with E-state index in [1.165, 1.54) is 13.2 Å². The maximum absolute atomic E-state index is 11.9. The molecule has 2 rings (SSSR count). The number of benzene rings is 1. The van der Waals surface area contributed by atoms with Crippen molar-refractivity contribution in [2.45, 2.75) is 13.3 Å². The number of nitrogens with zero attached hydrogens (tertiary/aromatic N) is 1. The van der Waals surface area contributed by atoms with Crippen LogP contribution in [-0.2, 0) is 11.2 Å². The highest BCUT2D eigenvalue weighted by atomic mass is 16.5. The summed E-state index contributed by atoms with van der Waals surface area (Å²) < 4.78 is 9.63. The SMILES string of the molecule is COc1cc(C(=O)NCC(Cc2cccc(C)c2)C(=O)O)on1. The molecular weight excluding hydrogens is 300 g/mol. The fourth-order valence-electron chi connectivity index (χ4n) is 2.14. The molecule has 0 aliphatic heterocycles. The Kier molecular flexibility index (Phi) is 5.35. The highest BCUT2D eigenvalue weighted by molar-refractivity contribution is 5.91. The molecule has 1 aromatic heterocycles. The van der Waals surface area contributed by atoms with E-state index in [2.05, 4.69) is 10.5 Å². The summed E-state index contributed by atoms with van der Waals surface area (Å²) in [5, 5.41) is 15.4. The average Bonchev–Trinajstić information content (AvgIpc) is 3.00. The number of carbonyl (C=O) groups is 2. The maximum Gasteiger partial charge on any atom is 0.308 e. The third-order valence-electron chi connectivity index (χ3n) is 3.34. The summed E-state index contributed by atoms with van der Waals surface area (Å²) in [6, 6.07) is 8.96. The first kappa shape index (κ1) is 16.5. The summed E-state index contributed by atoms with van der Waals surface area (Å²) in [6.45, 7) is 1.93. The van der Waals surface area contributed by atoms with Crippen molar-refractivity contribution in [1.82, 2.24) is 10.5 Å². The van der Waals surface area contributed by atoms with Crippen LogP contribution < -0.4 is 10.1 Å². The number of carboxylic acid groups (broad SMARTS) is 1. The van der Waals surface area contributed by atoms with Crippen LogP contribution in [0.2, 0.25) is 0 Å². The lowest BCUT2D eigenvalue weighted by molar-refractivity contribution is -0.141. The Morgan fingerprint density at radius 2 is 2.17 bits per heavy atom. The van der Waals surface area contributed by atoms with Crippen molar-refractivity contribution in [2.75, 3.05) is 13.7 Å². The van der Waals surface area contributed by atoms with Gasteiger partial charge in [-0.3, -0.25) is 9.59 Å². The Hall–Kier alpha value is -2.83. The van der Waals surface area contributed by atoms with Crippen LogP contribution in [0.25, 0.3) is 0 Å². The van der Waals surface area contributed by atoms with E-state index in [-0.39, 0.29) is 18.2 Å². The van der Waals surface area contributed by atoms with Crippen molar-refractivity contribution in [3.8, 4) is 5.88 Å². The summed E-state index contributed by atoms with van der Waals surface area (Å²) in [5.74, 6) is -2.07. The van der Waals surface area contributed by atoms with Gasteiger partial charge in [-0.25, -0.2) is 0 Å². The first-order valence-corrected chi connectivity index (χ1v) is 7.07. The van der Waals surface area contributed by atoms with Gasteiger partial charge in [0.2, 0.25) is 5.76 Å². The number of methoxy groups -OCH3 is 1. The molecule has 0 fully saturated rings. The van der Waals surface area contributed by atoms with Gasteiger partial charge in [0.25, 0.3) is 11.8 Å². The van der Waals surface area contributed by atoms with Gasteiger partial charge in [-0.15, -0.1) is 0 Å². The lowest BCUT2D eigenvalue weighted by Gasteiger charge is -2.13. The molecule has 0 spiro atoms. The zero-order valence-corrected chi connectivity index (χ0v) is 12.9. The van der Waals surface area contributed by atoms with Crippen molar-refractivity contribution < 1.29 is 24.0 Å². The Labute approximate surface area is 133 Å². The molecular formula is C16H18N2O5. The molecule has 0 radical (unpaired) electrons. The molecule has 1 heterocycles. The number of ether oxygens (including phenoxy) is 1. The molecule has 7 heteroatoms. The summed E-state index contributed by atoms with van der Waals surface area (Å²) in [6.07, 6.45) is 0.330. The number of nitrogens with one attached hydrogen (secondary N) is 1. The molecule has 122 valence electrons. The predicted octanol–water partition coefficient (Wildman–Crippen LogP) is 1.66. The van der Waals surface area contributed by atoms with Gasteiger partial charge < -0.3 is 19.7 Å². The molecule has 0 saturated heterocycles. The summed E-state index contributed by atoms with van der Waals surface area (Å²) in [5.41, 5.74) is 1.97. The van der Waals surface area contributed by atoms with Crippen LogP contribution in [0.15, 0.2) is 34.9 Å². The lowest BCUT2D eigenvalue weighted by atomic mass is 9.98. The third kappa shape index (κ3) is 4.57. The molecule has 1 unspecified atom stereocenters. The number of hydrogen-bond acceptors (Lipinski definition) is 5. The molecule has 1 aromatic carbocycles. The Bertz CT molecular complexity index is 695. The monoisotopic (exact) mass is 318 g/mol. The van der Waals surface area contributed by atoms with Crippen molar-refractivity contribution in [3.05, 3.63) is 47.2 Å². The smallest absolute Gasteiger partial charge is 0.308 e. The number of aromatic nitrogens is 1. The van der Waals surface area contributed by atoms with Gasteiger partial charge in [0, 0.05) is 6.54 Å². The van der Waals surface area contributed by atoms with Crippen LogP contribution in [0.1, 0.15) is 21.7 Å². The molecule has 2 aromatic rings. The first-order valence-electron chi connectivity index (χ1n) is 7.07. The summed E-state index contributed by atoms with van der Waals surface area (Å²) >= 11 is 0. The standard InChI is InChI=1S/C16H18N2O5/c1-10-4-3-5-11(6-10)7-12(16(20)21)9-17-15(19)13-8-14(22-2)18-23-13/h3-6,8,12H,7,9H2,1-2H3,(H,17,19)(H,20,21). The molecule has 1 amide bonds. The minimum Gasteiger partial charge on any atom is -0.481 e. The fourth-order valence-corrected chi connectivity index (χ4v) is 2.14. The topological polar surface area (TPSA) is 102 Å². The van der Waals surface area contributed by atoms with Gasteiger partial charge in [-0.1, -0.05) is 29.8 Å². The molecule has 2 N–H and O–H groups in total. The largest absolute Gasteiger partial charge is 0.481 e. The molecule has 1 atom stereocenters. The van der Waals surface area contributed by atoms with Crippen molar-refractivity contribution in [1.29, 1.82) is 0 Å². The van der Waals surface area contributed by atoms with Crippen LogP contribution in [0.4, 0.5) is 0 Å². The fraction of sp³-hybridized carbons (Fsp3) is 0.312. The van der Waals surface area contributed by atoms with E-state index >= 15 is 0 Å². The van der Waals surface area contributed by atoms with Gasteiger partial charge in [-0.05, 0) is 24.1 Å². The summed E-state index contributed by atoms with van der Waals surface area (Å²) in [4.78, 5) is 23.3. The normalized spacial score (nSPS) is 11.7. The zero-order chi connectivity index (χ0) is 16.8. The minimum atomic E-state index is -0.970. The number of hydrogen-bond donors (Lipinski definition) is 2. The van der Waals surface area contributed by atoms with Crippen LogP contribution in [0.3, 0.4) is 0 Å². The predicted molar refractivity (Wildman–Crippen MR) is 81.4 cm³/mol. The van der Waals surface area contributed by atoms with Gasteiger partial charge in [-0.2, -0.15) is 0 Å². The number of carboxylic acids is 1. The molecule has 0 bridgehead atoms. The van der Waals surface area contributed by atoms with Crippen LogP contribution >= 0.6 is 0 Å². The number of aliphatic carboxylic acids is 1.